The van der Waals surface area contributed by atoms with Gasteiger partial charge in [-0.1, -0.05) is 0 Å². The summed E-state index contributed by atoms with van der Waals surface area (Å²) in [6, 6.07) is 6.96. The molecule has 1 saturated heterocycles. The van der Waals surface area contributed by atoms with Gasteiger partial charge in [0, 0.05) is 55.7 Å². The van der Waals surface area contributed by atoms with Crippen LogP contribution >= 0.6 is 0 Å². The Hall–Kier alpha value is -3.95. The maximum absolute atomic E-state index is 13.6. The number of aromatic amines is 2. The molecule has 0 unspecified atom stereocenters. The van der Waals surface area contributed by atoms with Gasteiger partial charge in [0.2, 0.25) is 0 Å². The van der Waals surface area contributed by atoms with Gasteiger partial charge in [-0.2, -0.15) is 0 Å². The molecular weight excluding hydrogens is 451 g/mol. The molecule has 3 aromatic heterocycles. The van der Waals surface area contributed by atoms with Crippen molar-refractivity contribution in [3.05, 3.63) is 80.2 Å². The number of aromatic nitrogens is 4. The molecule has 1 aliphatic carbocycles. The Bertz CT molecular complexity index is 1510. The number of H-pyrrole nitrogens is 2. The van der Waals surface area contributed by atoms with Crippen LogP contribution < -0.4 is 16.1 Å². The van der Waals surface area contributed by atoms with E-state index in [4.69, 9.17) is 0 Å². The van der Waals surface area contributed by atoms with E-state index in [1.807, 2.05) is 12.1 Å². The minimum absolute atomic E-state index is 0.0227. The van der Waals surface area contributed by atoms with Gasteiger partial charge in [-0.15, -0.1) is 0 Å². The lowest BCUT2D eigenvalue weighted by Crippen LogP contribution is -2.38. The van der Waals surface area contributed by atoms with Gasteiger partial charge in [0.25, 0.3) is 11.5 Å². The Morgan fingerprint density at radius 1 is 1.06 bits per heavy atom. The fourth-order valence-corrected chi connectivity index (χ4v) is 5.53. The summed E-state index contributed by atoms with van der Waals surface area (Å²) >= 11 is 0. The second kappa shape index (κ2) is 8.37. The first-order valence-corrected chi connectivity index (χ1v) is 11.9. The third kappa shape index (κ3) is 3.78. The van der Waals surface area contributed by atoms with Gasteiger partial charge in [-0.05, 0) is 55.5 Å². The molecule has 2 N–H and O–H groups in total. The highest BCUT2D eigenvalue weighted by Gasteiger charge is 2.31. The van der Waals surface area contributed by atoms with Crippen molar-refractivity contribution in [2.75, 3.05) is 24.5 Å². The third-order valence-corrected chi connectivity index (χ3v) is 7.22. The second-order valence-electron chi connectivity index (χ2n) is 9.28. The van der Waals surface area contributed by atoms with Gasteiger partial charge in [-0.3, -0.25) is 19.1 Å². The summed E-state index contributed by atoms with van der Waals surface area (Å²) in [6.07, 6.45) is 6.03. The summed E-state index contributed by atoms with van der Waals surface area (Å²) in [6.45, 7) is 1.77. The second-order valence-corrected chi connectivity index (χ2v) is 9.28. The smallest absolute Gasteiger partial charge is 0.327 e. The molecule has 2 aliphatic heterocycles. The minimum atomic E-state index is -0.338. The first-order chi connectivity index (χ1) is 17.0. The number of anilines is 1. The highest BCUT2D eigenvalue weighted by Crippen LogP contribution is 2.35. The molecule has 0 aromatic carbocycles. The van der Waals surface area contributed by atoms with Crippen molar-refractivity contribution < 1.29 is 9.18 Å². The Morgan fingerprint density at radius 3 is 2.71 bits per heavy atom. The van der Waals surface area contributed by atoms with E-state index in [-0.39, 0.29) is 34.7 Å². The third-order valence-electron chi connectivity index (χ3n) is 7.22. The van der Waals surface area contributed by atoms with Crippen molar-refractivity contribution in [1.82, 2.24) is 24.4 Å². The zero-order valence-electron chi connectivity index (χ0n) is 19.1. The summed E-state index contributed by atoms with van der Waals surface area (Å²) in [5, 5.41) is 0. The van der Waals surface area contributed by atoms with Crippen LogP contribution in [0.2, 0.25) is 0 Å². The molecule has 5 heterocycles. The average Bonchev–Trinajstić information content (AvgIpc) is 3.43. The normalized spacial score (nSPS) is 18.8. The lowest BCUT2D eigenvalue weighted by Gasteiger charge is -2.34. The van der Waals surface area contributed by atoms with Gasteiger partial charge in [0.05, 0.1) is 5.52 Å². The van der Waals surface area contributed by atoms with Crippen LogP contribution in [-0.2, 0) is 0 Å². The fraction of sp³-hybridized carbons (Fsp3) is 0.360. The van der Waals surface area contributed by atoms with Crippen LogP contribution in [-0.4, -0.2) is 50.0 Å². The number of nitrogens with zero attached hydrogens (tertiary/aromatic N) is 4. The first kappa shape index (κ1) is 21.6. The Morgan fingerprint density at radius 2 is 1.89 bits per heavy atom. The molecule has 9 nitrogen and oxygen atoms in total. The van der Waals surface area contributed by atoms with E-state index in [0.717, 1.165) is 29.6 Å². The molecule has 0 bridgehead atoms. The highest BCUT2D eigenvalue weighted by atomic mass is 19.1. The summed E-state index contributed by atoms with van der Waals surface area (Å²) in [5.74, 6) is -0.416. The van der Waals surface area contributed by atoms with Crippen molar-refractivity contribution in [2.24, 2.45) is 0 Å². The maximum Gasteiger partial charge on any atom is 0.327 e. The fourth-order valence-electron chi connectivity index (χ4n) is 5.53. The number of fused-ring (bicyclic) bond motifs is 1. The number of imidazole rings is 1. The SMILES string of the molecule is O=C(c1cc(N2CCC(n3c(=O)[nH]c4ncccc43)CC2)cc(=O)[nH]1)N1CCC2=C1CCC(F)=C2. The predicted molar refractivity (Wildman–Crippen MR) is 129 cm³/mol. The average molecular weight is 477 g/mol. The molecule has 1 amide bonds. The summed E-state index contributed by atoms with van der Waals surface area (Å²) in [7, 11) is 0. The zero-order chi connectivity index (χ0) is 24.1. The van der Waals surface area contributed by atoms with E-state index in [1.54, 1.807) is 21.7 Å². The number of piperidine rings is 1. The van der Waals surface area contributed by atoms with Crippen LogP contribution in [0.5, 0.6) is 0 Å². The first-order valence-electron chi connectivity index (χ1n) is 11.9. The highest BCUT2D eigenvalue weighted by molar-refractivity contribution is 5.95. The quantitative estimate of drug-likeness (QED) is 0.604. The standard InChI is InChI=1S/C25H25FN6O3/c26-16-3-4-20-15(12-16)5-11-31(20)24(34)19-13-18(14-22(33)28-19)30-9-6-17(7-10-30)32-21-2-1-8-27-23(21)29-25(32)35/h1-2,8,12-14,17H,3-7,9-11H2,(H,28,33)(H,27,29,35). The van der Waals surface area contributed by atoms with E-state index in [2.05, 4.69) is 19.9 Å². The van der Waals surface area contributed by atoms with Crippen LogP contribution in [0.4, 0.5) is 10.1 Å². The number of carbonyl (C=O) groups is 1. The molecular formula is C25H25FN6O3. The molecule has 10 heteroatoms. The van der Waals surface area contributed by atoms with Crippen molar-refractivity contribution in [3.8, 4) is 0 Å². The molecule has 3 aliphatic rings. The van der Waals surface area contributed by atoms with Crippen LogP contribution in [0.15, 0.2) is 63.2 Å². The van der Waals surface area contributed by atoms with E-state index < -0.39 is 0 Å². The summed E-state index contributed by atoms with van der Waals surface area (Å²) in [5.41, 5.74) is 3.50. The number of hydrogen-bond acceptors (Lipinski definition) is 5. The lowest BCUT2D eigenvalue weighted by molar-refractivity contribution is 0.0808. The molecule has 35 heavy (non-hydrogen) atoms. The van der Waals surface area contributed by atoms with E-state index in [9.17, 15) is 18.8 Å². The van der Waals surface area contributed by atoms with Gasteiger partial charge in [-0.25, -0.2) is 14.2 Å². The lowest BCUT2D eigenvalue weighted by atomic mass is 10.0. The number of hydrogen-bond donors (Lipinski definition) is 2. The minimum Gasteiger partial charge on any atom is -0.371 e. The largest absolute Gasteiger partial charge is 0.371 e. The molecule has 6 rings (SSSR count). The maximum atomic E-state index is 13.6. The van der Waals surface area contributed by atoms with E-state index >= 15 is 0 Å². The molecule has 0 radical (unpaired) electrons. The Balaban J connectivity index is 1.22. The van der Waals surface area contributed by atoms with Gasteiger partial charge in [0.15, 0.2) is 5.65 Å². The molecule has 0 atom stereocenters. The van der Waals surface area contributed by atoms with Gasteiger partial charge >= 0.3 is 5.69 Å². The Labute approximate surface area is 199 Å². The molecule has 0 spiro atoms. The van der Waals surface area contributed by atoms with Gasteiger partial charge in [0.1, 0.15) is 11.5 Å². The van der Waals surface area contributed by atoms with Crippen molar-refractivity contribution in [2.45, 2.75) is 38.1 Å². The summed E-state index contributed by atoms with van der Waals surface area (Å²) in [4.78, 5) is 51.7. The van der Waals surface area contributed by atoms with E-state index in [1.165, 1.54) is 12.1 Å². The number of rotatable bonds is 3. The predicted octanol–water partition coefficient (Wildman–Crippen LogP) is 3.00. The van der Waals surface area contributed by atoms with Gasteiger partial charge < -0.3 is 14.8 Å². The Kier molecular flexibility index (Phi) is 5.16. The molecule has 0 saturated carbocycles. The number of halogens is 1. The van der Waals surface area contributed by atoms with Crippen LogP contribution in [0.3, 0.4) is 0 Å². The van der Waals surface area contributed by atoms with Crippen LogP contribution in [0, 0.1) is 0 Å². The van der Waals surface area contributed by atoms with Crippen LogP contribution in [0.1, 0.15) is 48.6 Å². The topological polar surface area (TPSA) is 107 Å². The van der Waals surface area contributed by atoms with Crippen molar-refractivity contribution in [1.29, 1.82) is 0 Å². The number of pyridine rings is 2. The summed E-state index contributed by atoms with van der Waals surface area (Å²) < 4.78 is 15.4. The molecule has 3 aromatic rings. The molecule has 180 valence electrons. The monoisotopic (exact) mass is 476 g/mol. The number of nitrogens with one attached hydrogen (secondary N) is 2. The van der Waals surface area contributed by atoms with Crippen molar-refractivity contribution >= 4 is 22.8 Å². The van der Waals surface area contributed by atoms with Crippen molar-refractivity contribution in [3.63, 3.8) is 0 Å². The van der Waals surface area contributed by atoms with E-state index in [0.29, 0.717) is 50.2 Å². The zero-order valence-corrected chi connectivity index (χ0v) is 19.1. The molecule has 1 fully saturated rings. The number of amides is 1. The number of carbonyl (C=O) groups excluding carboxylic acids is 1. The number of allylic oxidation sites excluding steroid dienone is 3. The van der Waals surface area contributed by atoms with Crippen LogP contribution in [0.25, 0.3) is 11.2 Å².